The summed E-state index contributed by atoms with van der Waals surface area (Å²) in [6, 6.07) is 2.74. The standard InChI is InChI=1S/C22H20F3N5O4/c1-11-6-14(7-28-20(11)33-10-22(23,24)25)12(2)30-9-16-15(21(30)32)4-5-26-18(16)29-19(31)17-8-27-13(3)34-17/h4-8,12H,9-10H2,1-3H3,(H,26,29,31). The molecule has 0 spiro atoms. The Labute approximate surface area is 192 Å². The molecule has 0 aromatic carbocycles. The molecule has 0 saturated heterocycles. The zero-order valence-corrected chi connectivity index (χ0v) is 18.4. The van der Waals surface area contributed by atoms with Gasteiger partial charge < -0.3 is 19.4 Å². The van der Waals surface area contributed by atoms with Crippen LogP contribution in [-0.2, 0) is 6.54 Å². The number of aryl methyl sites for hydroxylation is 2. The molecule has 2 amide bonds. The van der Waals surface area contributed by atoms with Crippen LogP contribution in [0.1, 0.15) is 56.5 Å². The molecule has 9 nitrogen and oxygen atoms in total. The maximum Gasteiger partial charge on any atom is 0.422 e. The van der Waals surface area contributed by atoms with Crippen molar-refractivity contribution in [3.8, 4) is 5.88 Å². The summed E-state index contributed by atoms with van der Waals surface area (Å²) in [4.78, 5) is 39.2. The molecule has 0 aliphatic carbocycles. The van der Waals surface area contributed by atoms with E-state index in [0.717, 1.165) is 0 Å². The van der Waals surface area contributed by atoms with Crippen LogP contribution in [0.3, 0.4) is 0 Å². The number of hydrogen-bond acceptors (Lipinski definition) is 7. The van der Waals surface area contributed by atoms with E-state index in [4.69, 9.17) is 9.15 Å². The molecule has 3 aromatic rings. The summed E-state index contributed by atoms with van der Waals surface area (Å²) in [6.45, 7) is 3.70. The summed E-state index contributed by atoms with van der Waals surface area (Å²) < 4.78 is 47.3. The first-order chi connectivity index (χ1) is 16.0. The van der Waals surface area contributed by atoms with E-state index < -0.39 is 24.7 Å². The van der Waals surface area contributed by atoms with Gasteiger partial charge in [0.1, 0.15) is 5.82 Å². The molecule has 1 aliphatic heterocycles. The number of aromatic nitrogens is 3. The highest BCUT2D eigenvalue weighted by Gasteiger charge is 2.34. The predicted octanol–water partition coefficient (Wildman–Crippen LogP) is 3.99. The number of nitrogens with one attached hydrogen (secondary N) is 1. The van der Waals surface area contributed by atoms with Gasteiger partial charge in [-0.3, -0.25) is 9.59 Å². The fourth-order valence-corrected chi connectivity index (χ4v) is 3.60. The lowest BCUT2D eigenvalue weighted by Gasteiger charge is -2.25. The molecule has 0 fully saturated rings. The minimum Gasteiger partial charge on any atom is -0.468 e. The molecule has 1 aliphatic rings. The van der Waals surface area contributed by atoms with Crippen LogP contribution in [0.2, 0.25) is 0 Å². The number of carbonyl (C=O) groups is 2. The Bertz CT molecular complexity index is 1260. The first kappa shape index (κ1) is 23.2. The van der Waals surface area contributed by atoms with Crippen LogP contribution in [0.25, 0.3) is 0 Å². The molecule has 1 unspecified atom stereocenters. The van der Waals surface area contributed by atoms with Crippen molar-refractivity contribution < 1.29 is 31.9 Å². The molecule has 12 heteroatoms. The van der Waals surface area contributed by atoms with Gasteiger partial charge in [0.15, 0.2) is 12.5 Å². The molecule has 0 bridgehead atoms. The molecule has 3 aromatic heterocycles. The Hall–Kier alpha value is -3.96. The van der Waals surface area contributed by atoms with Crippen LogP contribution < -0.4 is 10.1 Å². The Morgan fingerprint density at radius 2 is 2.03 bits per heavy atom. The molecule has 4 rings (SSSR count). The normalized spacial score (nSPS) is 14.2. The SMILES string of the molecule is Cc1ncc(C(=O)Nc2nccc3c2CN(C(C)c2cnc(OCC(F)(F)F)c(C)c2)C3=O)o1. The number of carbonyl (C=O) groups excluding carboxylic acids is 2. The number of alkyl halides is 3. The van der Waals surface area contributed by atoms with E-state index in [2.05, 4.69) is 20.3 Å². The zero-order valence-electron chi connectivity index (χ0n) is 18.4. The van der Waals surface area contributed by atoms with Crippen LogP contribution in [0, 0.1) is 13.8 Å². The summed E-state index contributed by atoms with van der Waals surface area (Å²) >= 11 is 0. The van der Waals surface area contributed by atoms with E-state index in [1.807, 2.05) is 0 Å². The van der Waals surface area contributed by atoms with Crippen molar-refractivity contribution in [3.05, 3.63) is 64.6 Å². The number of anilines is 1. The summed E-state index contributed by atoms with van der Waals surface area (Å²) in [5.74, 6) is -0.363. The summed E-state index contributed by atoms with van der Waals surface area (Å²) in [6.07, 6.45) is -0.372. The molecular weight excluding hydrogens is 455 g/mol. The fourth-order valence-electron chi connectivity index (χ4n) is 3.60. The number of halogens is 3. The summed E-state index contributed by atoms with van der Waals surface area (Å²) in [5.41, 5.74) is 1.96. The Balaban J connectivity index is 1.52. The second kappa shape index (κ2) is 8.76. The molecule has 1 N–H and O–H groups in total. The van der Waals surface area contributed by atoms with Gasteiger partial charge in [0.05, 0.1) is 18.8 Å². The van der Waals surface area contributed by atoms with Gasteiger partial charge in [0, 0.05) is 36.0 Å². The van der Waals surface area contributed by atoms with Crippen molar-refractivity contribution in [2.24, 2.45) is 0 Å². The highest BCUT2D eigenvalue weighted by Crippen LogP contribution is 2.35. The third-order valence-electron chi connectivity index (χ3n) is 5.33. The fraction of sp³-hybridized carbons (Fsp3) is 0.318. The van der Waals surface area contributed by atoms with Crippen molar-refractivity contribution in [2.75, 3.05) is 11.9 Å². The number of nitrogens with zero attached hydrogens (tertiary/aromatic N) is 4. The highest BCUT2D eigenvalue weighted by atomic mass is 19.4. The minimum atomic E-state index is -4.47. The largest absolute Gasteiger partial charge is 0.468 e. The monoisotopic (exact) mass is 475 g/mol. The van der Waals surface area contributed by atoms with Crippen LogP contribution in [0.4, 0.5) is 19.0 Å². The van der Waals surface area contributed by atoms with Crippen molar-refractivity contribution in [1.29, 1.82) is 0 Å². The number of hydrogen-bond donors (Lipinski definition) is 1. The summed E-state index contributed by atoms with van der Waals surface area (Å²) in [5, 5.41) is 2.65. The van der Waals surface area contributed by atoms with Crippen LogP contribution in [-0.4, -0.2) is 44.4 Å². The van der Waals surface area contributed by atoms with Gasteiger partial charge in [-0.15, -0.1) is 0 Å². The number of oxazole rings is 1. The Morgan fingerprint density at radius 1 is 1.26 bits per heavy atom. The van der Waals surface area contributed by atoms with Gasteiger partial charge in [0.2, 0.25) is 11.6 Å². The van der Waals surface area contributed by atoms with Gasteiger partial charge in [-0.2, -0.15) is 13.2 Å². The lowest BCUT2D eigenvalue weighted by molar-refractivity contribution is -0.154. The second-order valence-corrected chi connectivity index (χ2v) is 7.79. The quantitative estimate of drug-likeness (QED) is 0.574. The Morgan fingerprint density at radius 3 is 2.68 bits per heavy atom. The maximum absolute atomic E-state index is 13.1. The third-order valence-corrected chi connectivity index (χ3v) is 5.33. The zero-order chi connectivity index (χ0) is 24.6. The van der Waals surface area contributed by atoms with Crippen LogP contribution >= 0.6 is 0 Å². The van der Waals surface area contributed by atoms with Crippen molar-refractivity contribution >= 4 is 17.6 Å². The maximum atomic E-state index is 13.1. The third kappa shape index (κ3) is 4.70. The minimum absolute atomic E-state index is 0.0147. The van der Waals surface area contributed by atoms with Gasteiger partial charge in [-0.05, 0) is 31.5 Å². The van der Waals surface area contributed by atoms with Crippen molar-refractivity contribution in [1.82, 2.24) is 19.9 Å². The molecule has 4 heterocycles. The van der Waals surface area contributed by atoms with E-state index in [-0.39, 0.29) is 29.9 Å². The molecule has 1 atom stereocenters. The van der Waals surface area contributed by atoms with Gasteiger partial charge >= 0.3 is 6.18 Å². The van der Waals surface area contributed by atoms with E-state index >= 15 is 0 Å². The van der Waals surface area contributed by atoms with Gasteiger partial charge in [0.25, 0.3) is 11.8 Å². The lowest BCUT2D eigenvalue weighted by atomic mass is 10.1. The predicted molar refractivity (Wildman–Crippen MR) is 112 cm³/mol. The number of rotatable bonds is 6. The second-order valence-electron chi connectivity index (χ2n) is 7.79. The van der Waals surface area contributed by atoms with E-state index in [1.165, 1.54) is 18.6 Å². The number of fused-ring (bicyclic) bond motifs is 1. The van der Waals surface area contributed by atoms with E-state index in [9.17, 15) is 22.8 Å². The van der Waals surface area contributed by atoms with Crippen molar-refractivity contribution in [2.45, 2.75) is 39.5 Å². The van der Waals surface area contributed by atoms with Gasteiger partial charge in [-0.25, -0.2) is 15.0 Å². The smallest absolute Gasteiger partial charge is 0.422 e. The van der Waals surface area contributed by atoms with Crippen LogP contribution in [0.5, 0.6) is 5.88 Å². The lowest BCUT2D eigenvalue weighted by Crippen LogP contribution is -2.27. The molecule has 178 valence electrons. The summed E-state index contributed by atoms with van der Waals surface area (Å²) in [7, 11) is 0. The number of pyridine rings is 2. The average Bonchev–Trinajstić information content (AvgIpc) is 3.36. The molecular formula is C22H20F3N5O4. The number of ether oxygens (including phenoxy) is 1. The van der Waals surface area contributed by atoms with Crippen LogP contribution in [0.15, 0.2) is 35.1 Å². The topological polar surface area (TPSA) is 110 Å². The van der Waals surface area contributed by atoms with Gasteiger partial charge in [-0.1, -0.05) is 0 Å². The molecule has 34 heavy (non-hydrogen) atoms. The first-order valence-electron chi connectivity index (χ1n) is 10.2. The average molecular weight is 475 g/mol. The molecule has 0 radical (unpaired) electrons. The van der Waals surface area contributed by atoms with Crippen molar-refractivity contribution in [3.63, 3.8) is 0 Å². The molecule has 0 saturated carbocycles. The van der Waals surface area contributed by atoms with E-state index in [0.29, 0.717) is 28.1 Å². The highest BCUT2D eigenvalue weighted by molar-refractivity contribution is 6.05. The number of amides is 2. The Kier molecular flexibility index (Phi) is 5.98. The van der Waals surface area contributed by atoms with E-state index in [1.54, 1.807) is 37.8 Å². The first-order valence-corrected chi connectivity index (χ1v) is 10.2.